The first-order chi connectivity index (χ1) is 12.7. The van der Waals surface area contributed by atoms with Gasteiger partial charge < -0.3 is 0 Å². The van der Waals surface area contributed by atoms with Crippen molar-refractivity contribution in [1.29, 1.82) is 0 Å². The molecule has 0 bridgehead atoms. The molecule has 5 heteroatoms. The minimum Gasteiger partial charge on any atom is -0.300 e. The molecule has 126 valence electrons. The molecule has 0 aliphatic heterocycles. The summed E-state index contributed by atoms with van der Waals surface area (Å²) < 4.78 is 2.01. The van der Waals surface area contributed by atoms with Gasteiger partial charge in [-0.25, -0.2) is 4.98 Å². The predicted octanol–water partition coefficient (Wildman–Crippen LogP) is 5.08. The van der Waals surface area contributed by atoms with Gasteiger partial charge in [0, 0.05) is 23.9 Å². The summed E-state index contributed by atoms with van der Waals surface area (Å²) in [6, 6.07) is 22.5. The van der Waals surface area contributed by atoms with E-state index in [1.807, 2.05) is 77.3 Å². The zero-order valence-corrected chi connectivity index (χ0v) is 13.8. The van der Waals surface area contributed by atoms with Gasteiger partial charge in [0.05, 0.1) is 16.1 Å². The summed E-state index contributed by atoms with van der Waals surface area (Å²) in [5, 5.41) is 10.9. The quantitative estimate of drug-likeness (QED) is 0.384. The van der Waals surface area contributed by atoms with E-state index < -0.39 is 4.92 Å². The van der Waals surface area contributed by atoms with Crippen molar-refractivity contribution in [2.75, 3.05) is 0 Å². The molecular formula is C21H15N3O2. The maximum atomic E-state index is 10.9. The average molecular weight is 341 g/mol. The zero-order valence-electron chi connectivity index (χ0n) is 13.8. The van der Waals surface area contributed by atoms with Gasteiger partial charge in [-0.05, 0) is 23.8 Å². The summed E-state index contributed by atoms with van der Waals surface area (Å²) in [6.45, 7) is 0. The number of aromatic nitrogens is 2. The molecule has 0 saturated heterocycles. The summed E-state index contributed by atoms with van der Waals surface area (Å²) in [6.07, 6.45) is 5.67. The van der Waals surface area contributed by atoms with Crippen LogP contribution in [0.5, 0.6) is 0 Å². The molecule has 0 fully saturated rings. The van der Waals surface area contributed by atoms with E-state index in [0.717, 1.165) is 28.2 Å². The van der Waals surface area contributed by atoms with Crippen molar-refractivity contribution in [3.8, 4) is 11.3 Å². The van der Waals surface area contributed by atoms with E-state index in [2.05, 4.69) is 0 Å². The van der Waals surface area contributed by atoms with Crippen LogP contribution in [0.15, 0.2) is 79.0 Å². The Hall–Kier alpha value is -3.73. The van der Waals surface area contributed by atoms with E-state index >= 15 is 0 Å². The fourth-order valence-electron chi connectivity index (χ4n) is 2.90. The number of hydrogen-bond donors (Lipinski definition) is 0. The van der Waals surface area contributed by atoms with Crippen LogP contribution in [0, 0.1) is 10.1 Å². The average Bonchev–Trinajstić information content (AvgIpc) is 3.06. The highest BCUT2D eigenvalue weighted by Gasteiger charge is 2.10. The van der Waals surface area contributed by atoms with Crippen LogP contribution in [0.2, 0.25) is 0 Å². The Kier molecular flexibility index (Phi) is 4.03. The van der Waals surface area contributed by atoms with Crippen molar-refractivity contribution >= 4 is 23.4 Å². The van der Waals surface area contributed by atoms with Crippen LogP contribution in [-0.2, 0) is 0 Å². The number of nitrogens with zero attached hydrogens (tertiary/aromatic N) is 3. The van der Waals surface area contributed by atoms with E-state index in [0.29, 0.717) is 0 Å². The molecule has 0 atom stereocenters. The molecule has 26 heavy (non-hydrogen) atoms. The van der Waals surface area contributed by atoms with Gasteiger partial charge >= 0.3 is 0 Å². The van der Waals surface area contributed by atoms with Crippen LogP contribution >= 0.6 is 0 Å². The molecule has 4 rings (SSSR count). The normalized spacial score (nSPS) is 11.2. The number of pyridine rings is 1. The number of nitro groups is 1. The zero-order chi connectivity index (χ0) is 17.9. The van der Waals surface area contributed by atoms with Crippen molar-refractivity contribution in [2.45, 2.75) is 0 Å². The van der Waals surface area contributed by atoms with Crippen LogP contribution < -0.4 is 0 Å². The smallest absolute Gasteiger partial charge is 0.270 e. The van der Waals surface area contributed by atoms with Crippen molar-refractivity contribution < 1.29 is 4.92 Å². The molecule has 0 unspecified atom stereocenters. The van der Waals surface area contributed by atoms with E-state index in [4.69, 9.17) is 4.98 Å². The van der Waals surface area contributed by atoms with Gasteiger partial charge in [0.25, 0.3) is 5.69 Å². The molecule has 0 saturated carbocycles. The summed E-state index contributed by atoms with van der Waals surface area (Å²) in [7, 11) is 0. The lowest BCUT2D eigenvalue weighted by Gasteiger charge is -1.98. The topological polar surface area (TPSA) is 60.4 Å². The highest BCUT2D eigenvalue weighted by molar-refractivity contribution is 5.80. The summed E-state index contributed by atoms with van der Waals surface area (Å²) in [5.74, 6) is 0.769. The van der Waals surface area contributed by atoms with Gasteiger partial charge in [-0.1, -0.05) is 54.6 Å². The van der Waals surface area contributed by atoms with Gasteiger partial charge in [-0.15, -0.1) is 0 Å². The lowest BCUT2D eigenvalue weighted by atomic mass is 10.1. The van der Waals surface area contributed by atoms with Crippen molar-refractivity contribution in [3.63, 3.8) is 0 Å². The number of rotatable bonds is 4. The maximum absolute atomic E-state index is 10.9. The van der Waals surface area contributed by atoms with Gasteiger partial charge in [-0.3, -0.25) is 14.5 Å². The maximum Gasteiger partial charge on any atom is 0.270 e. The Labute approximate surface area is 150 Å². The Morgan fingerprint density at radius 3 is 2.54 bits per heavy atom. The van der Waals surface area contributed by atoms with Crippen molar-refractivity contribution in [2.24, 2.45) is 0 Å². The molecule has 2 aromatic heterocycles. The van der Waals surface area contributed by atoms with Crippen LogP contribution in [0.1, 0.15) is 11.4 Å². The SMILES string of the molecule is O=[N+]([O-])c1cccc(/C=C/c2nc(-c3ccccc3)c3ccccn23)c1. The Bertz CT molecular complexity index is 1110. The molecule has 0 N–H and O–H groups in total. The van der Waals surface area contributed by atoms with E-state index in [1.54, 1.807) is 12.1 Å². The Morgan fingerprint density at radius 2 is 1.73 bits per heavy atom. The molecule has 0 aliphatic rings. The Balaban J connectivity index is 1.78. The largest absolute Gasteiger partial charge is 0.300 e. The lowest BCUT2D eigenvalue weighted by molar-refractivity contribution is -0.384. The highest BCUT2D eigenvalue weighted by atomic mass is 16.6. The summed E-state index contributed by atoms with van der Waals surface area (Å²) in [5.41, 5.74) is 3.80. The van der Waals surface area contributed by atoms with Gasteiger partial charge in [-0.2, -0.15) is 0 Å². The van der Waals surface area contributed by atoms with Crippen LogP contribution in [0.4, 0.5) is 5.69 Å². The second-order valence-electron chi connectivity index (χ2n) is 5.83. The van der Waals surface area contributed by atoms with Crippen LogP contribution in [-0.4, -0.2) is 14.3 Å². The third-order valence-corrected chi connectivity index (χ3v) is 4.13. The van der Waals surface area contributed by atoms with Crippen molar-refractivity contribution in [1.82, 2.24) is 9.38 Å². The summed E-state index contributed by atoms with van der Waals surface area (Å²) in [4.78, 5) is 15.3. The molecule has 0 radical (unpaired) electrons. The number of benzene rings is 2. The third kappa shape index (κ3) is 2.98. The highest BCUT2D eigenvalue weighted by Crippen LogP contribution is 2.25. The second-order valence-corrected chi connectivity index (χ2v) is 5.83. The first kappa shape index (κ1) is 15.8. The molecule has 0 amide bonds. The van der Waals surface area contributed by atoms with E-state index in [1.165, 1.54) is 6.07 Å². The van der Waals surface area contributed by atoms with Crippen LogP contribution in [0.3, 0.4) is 0 Å². The molecule has 0 aliphatic carbocycles. The fraction of sp³-hybridized carbons (Fsp3) is 0. The fourth-order valence-corrected chi connectivity index (χ4v) is 2.90. The molecule has 0 spiro atoms. The molecule has 2 heterocycles. The van der Waals surface area contributed by atoms with Gasteiger partial charge in [0.2, 0.25) is 0 Å². The lowest BCUT2D eigenvalue weighted by Crippen LogP contribution is -1.88. The summed E-state index contributed by atoms with van der Waals surface area (Å²) >= 11 is 0. The molecule has 2 aromatic carbocycles. The number of fused-ring (bicyclic) bond motifs is 1. The van der Waals surface area contributed by atoms with Crippen LogP contribution in [0.25, 0.3) is 28.9 Å². The van der Waals surface area contributed by atoms with E-state index in [9.17, 15) is 10.1 Å². The van der Waals surface area contributed by atoms with E-state index in [-0.39, 0.29) is 5.69 Å². The van der Waals surface area contributed by atoms with Gasteiger partial charge in [0.1, 0.15) is 5.82 Å². The minimum atomic E-state index is -0.393. The second kappa shape index (κ2) is 6.64. The first-order valence-corrected chi connectivity index (χ1v) is 8.17. The van der Waals surface area contributed by atoms with Gasteiger partial charge in [0.15, 0.2) is 0 Å². The van der Waals surface area contributed by atoms with Crippen molar-refractivity contribution in [3.05, 3.63) is 100 Å². The number of non-ortho nitro benzene ring substituents is 1. The number of nitro benzene ring substituents is 1. The monoisotopic (exact) mass is 341 g/mol. The minimum absolute atomic E-state index is 0.0742. The number of hydrogen-bond acceptors (Lipinski definition) is 3. The molecule has 4 aromatic rings. The first-order valence-electron chi connectivity index (χ1n) is 8.17. The Morgan fingerprint density at radius 1 is 0.923 bits per heavy atom. The molecular weight excluding hydrogens is 326 g/mol. The number of imidazole rings is 1. The predicted molar refractivity (Wildman–Crippen MR) is 103 cm³/mol. The standard InChI is InChI=1S/C21H15N3O2/c25-24(26)18-10-6-7-16(15-18)12-13-20-22-21(17-8-2-1-3-9-17)19-11-4-5-14-23(19)20/h1-15H/b13-12+. The third-order valence-electron chi connectivity index (χ3n) is 4.13. The molecule has 5 nitrogen and oxygen atoms in total.